The van der Waals surface area contributed by atoms with Crippen LogP contribution < -0.4 is 4.74 Å². The number of aromatic nitrogens is 4. The van der Waals surface area contributed by atoms with Gasteiger partial charge < -0.3 is 4.74 Å². The highest BCUT2D eigenvalue weighted by molar-refractivity contribution is 6.32. The zero-order chi connectivity index (χ0) is 18.8. The van der Waals surface area contributed by atoms with Crippen LogP contribution in [0.25, 0.3) is 33.8 Å². The third-order valence-electron chi connectivity index (χ3n) is 4.15. The summed E-state index contributed by atoms with van der Waals surface area (Å²) in [7, 11) is 0. The molecule has 0 amide bonds. The maximum absolute atomic E-state index is 6.36. The highest BCUT2D eigenvalue weighted by Crippen LogP contribution is 2.32. The van der Waals surface area contributed by atoms with Crippen LogP contribution in [0.4, 0.5) is 0 Å². The Morgan fingerprint density at radius 2 is 1.70 bits per heavy atom. The number of aromatic amines is 2. The van der Waals surface area contributed by atoms with E-state index in [1.165, 1.54) is 0 Å². The van der Waals surface area contributed by atoms with Crippen molar-refractivity contribution in [1.82, 2.24) is 20.4 Å². The molecule has 4 aromatic rings. The first-order valence-corrected chi connectivity index (χ1v) is 9.10. The van der Waals surface area contributed by atoms with Gasteiger partial charge in [0.25, 0.3) is 0 Å². The molecule has 0 aliphatic carbocycles. The summed E-state index contributed by atoms with van der Waals surface area (Å²) in [5, 5.41) is 15.1. The van der Waals surface area contributed by atoms with Crippen LogP contribution in [0.2, 0.25) is 5.02 Å². The van der Waals surface area contributed by atoms with Gasteiger partial charge in [-0.3, -0.25) is 10.2 Å². The number of hydrogen-bond donors (Lipinski definition) is 2. The van der Waals surface area contributed by atoms with Gasteiger partial charge in [-0.2, -0.15) is 10.2 Å². The number of ether oxygens (including phenoxy) is 1. The van der Waals surface area contributed by atoms with E-state index < -0.39 is 0 Å². The van der Waals surface area contributed by atoms with Gasteiger partial charge in [0.15, 0.2) is 0 Å². The summed E-state index contributed by atoms with van der Waals surface area (Å²) in [4.78, 5) is 0. The Morgan fingerprint density at radius 1 is 0.889 bits per heavy atom. The van der Waals surface area contributed by atoms with Crippen LogP contribution in [-0.4, -0.2) is 26.5 Å². The molecule has 0 saturated heterocycles. The molecule has 0 aliphatic heterocycles. The van der Waals surface area contributed by atoms with E-state index in [2.05, 4.69) is 26.5 Å². The van der Waals surface area contributed by atoms with Crippen LogP contribution >= 0.6 is 11.6 Å². The summed E-state index contributed by atoms with van der Waals surface area (Å²) in [5.41, 5.74) is 5.78. The van der Waals surface area contributed by atoms with E-state index in [9.17, 15) is 0 Å². The number of nitrogens with zero attached hydrogens (tertiary/aromatic N) is 2. The van der Waals surface area contributed by atoms with Crippen molar-refractivity contribution in [1.29, 1.82) is 0 Å². The van der Waals surface area contributed by atoms with Gasteiger partial charge in [-0.15, -0.1) is 0 Å². The lowest BCUT2D eigenvalue weighted by atomic mass is 10.0. The Balaban J connectivity index is 1.63. The van der Waals surface area contributed by atoms with Crippen molar-refractivity contribution in [3.63, 3.8) is 0 Å². The van der Waals surface area contributed by atoms with Gasteiger partial charge in [0.1, 0.15) is 5.75 Å². The maximum Gasteiger partial charge on any atom is 0.138 e. The minimum Gasteiger partial charge on any atom is -0.489 e. The van der Waals surface area contributed by atoms with Crippen LogP contribution in [0.1, 0.15) is 13.8 Å². The Morgan fingerprint density at radius 3 is 2.44 bits per heavy atom. The van der Waals surface area contributed by atoms with E-state index in [-0.39, 0.29) is 6.10 Å². The van der Waals surface area contributed by atoms with Gasteiger partial charge in [0.2, 0.25) is 0 Å². The van der Waals surface area contributed by atoms with E-state index in [1.807, 2.05) is 62.4 Å². The molecule has 6 heteroatoms. The highest BCUT2D eigenvalue weighted by atomic mass is 35.5. The topological polar surface area (TPSA) is 66.6 Å². The van der Waals surface area contributed by atoms with E-state index >= 15 is 0 Å². The van der Waals surface area contributed by atoms with Crippen LogP contribution in [0, 0.1) is 0 Å². The number of nitrogens with one attached hydrogen (secondary N) is 2. The zero-order valence-electron chi connectivity index (χ0n) is 15.0. The molecular formula is C21H19ClN4O. The average Bonchev–Trinajstić information content (AvgIpc) is 3.35. The fourth-order valence-electron chi connectivity index (χ4n) is 2.90. The van der Waals surface area contributed by atoms with Crippen molar-refractivity contribution in [3.8, 4) is 39.5 Å². The summed E-state index contributed by atoms with van der Waals surface area (Å²) >= 11 is 6.36. The predicted molar refractivity (Wildman–Crippen MR) is 108 cm³/mol. The third-order valence-corrected chi connectivity index (χ3v) is 4.45. The number of rotatable bonds is 5. The Hall–Kier alpha value is -3.05. The summed E-state index contributed by atoms with van der Waals surface area (Å²) < 4.78 is 5.69. The molecule has 2 N–H and O–H groups in total. The monoisotopic (exact) mass is 378 g/mol. The van der Waals surface area contributed by atoms with Gasteiger partial charge in [-0.1, -0.05) is 29.8 Å². The van der Waals surface area contributed by atoms with Crippen molar-refractivity contribution in [2.75, 3.05) is 0 Å². The summed E-state index contributed by atoms with van der Waals surface area (Å²) in [5.74, 6) is 0.683. The number of halogens is 1. The Kier molecular flexibility index (Phi) is 4.69. The van der Waals surface area contributed by atoms with Gasteiger partial charge in [0.05, 0.1) is 28.2 Å². The van der Waals surface area contributed by atoms with Crippen LogP contribution in [-0.2, 0) is 0 Å². The van der Waals surface area contributed by atoms with Crippen molar-refractivity contribution >= 4 is 11.6 Å². The first-order chi connectivity index (χ1) is 13.1. The number of hydrogen-bond acceptors (Lipinski definition) is 3. The van der Waals surface area contributed by atoms with Gasteiger partial charge >= 0.3 is 0 Å². The third kappa shape index (κ3) is 3.73. The lowest BCUT2D eigenvalue weighted by molar-refractivity contribution is 0.242. The molecule has 136 valence electrons. The molecule has 0 bridgehead atoms. The summed E-state index contributed by atoms with van der Waals surface area (Å²) in [6.45, 7) is 3.95. The van der Waals surface area contributed by atoms with E-state index in [0.717, 1.165) is 33.8 Å². The minimum atomic E-state index is 0.0780. The maximum atomic E-state index is 6.36. The zero-order valence-corrected chi connectivity index (χ0v) is 15.8. The van der Waals surface area contributed by atoms with Gasteiger partial charge in [-0.05, 0) is 50.2 Å². The molecule has 4 rings (SSSR count). The molecule has 5 nitrogen and oxygen atoms in total. The normalized spacial score (nSPS) is 11.1. The highest BCUT2D eigenvalue weighted by Gasteiger charge is 2.10. The molecule has 2 heterocycles. The van der Waals surface area contributed by atoms with Crippen molar-refractivity contribution < 1.29 is 4.74 Å². The van der Waals surface area contributed by atoms with Gasteiger partial charge in [0, 0.05) is 22.9 Å². The largest absolute Gasteiger partial charge is 0.489 e. The quantitative estimate of drug-likeness (QED) is 0.476. The predicted octanol–water partition coefficient (Wildman–Crippen LogP) is 5.57. The second kappa shape index (κ2) is 7.29. The second-order valence-corrected chi connectivity index (χ2v) is 6.94. The number of H-pyrrole nitrogens is 2. The summed E-state index contributed by atoms with van der Waals surface area (Å²) in [6.07, 6.45) is 1.82. The van der Waals surface area contributed by atoms with E-state index in [4.69, 9.17) is 16.3 Å². The molecule has 0 spiro atoms. The average molecular weight is 379 g/mol. The van der Waals surface area contributed by atoms with E-state index in [1.54, 1.807) is 6.20 Å². The molecule has 0 aliphatic rings. The standard InChI is InChI=1S/C21H19ClN4O/c1-13(2)27-21-7-6-16(11-17(21)22)20-12-19(25-26-20)15-5-3-4-14(10-15)18-8-9-23-24-18/h3-13H,1-2H3,(H,23,24)(H,25,26). The van der Waals surface area contributed by atoms with Crippen molar-refractivity contribution in [2.45, 2.75) is 20.0 Å². The minimum absolute atomic E-state index is 0.0780. The number of benzene rings is 2. The lowest BCUT2D eigenvalue weighted by Crippen LogP contribution is -2.05. The smallest absolute Gasteiger partial charge is 0.138 e. The first-order valence-electron chi connectivity index (χ1n) is 8.72. The SMILES string of the molecule is CC(C)Oc1ccc(-c2cc(-c3cccc(-c4ccn[nH]4)c3)n[nH]2)cc1Cl. The molecule has 2 aromatic heterocycles. The fourth-order valence-corrected chi connectivity index (χ4v) is 3.12. The Labute approximate surface area is 162 Å². The first kappa shape index (κ1) is 17.4. The van der Waals surface area contributed by atoms with Gasteiger partial charge in [-0.25, -0.2) is 0 Å². The Bertz CT molecular complexity index is 1050. The molecule has 27 heavy (non-hydrogen) atoms. The summed E-state index contributed by atoms with van der Waals surface area (Å²) in [6, 6.07) is 17.9. The van der Waals surface area contributed by atoms with E-state index in [0.29, 0.717) is 10.8 Å². The molecule has 2 aromatic carbocycles. The molecular weight excluding hydrogens is 360 g/mol. The molecule has 0 fully saturated rings. The fraction of sp³-hybridized carbons (Fsp3) is 0.143. The molecule has 0 saturated carbocycles. The molecule has 0 unspecified atom stereocenters. The van der Waals surface area contributed by atoms with Crippen LogP contribution in [0.3, 0.4) is 0 Å². The van der Waals surface area contributed by atoms with Crippen molar-refractivity contribution in [3.05, 3.63) is 65.8 Å². The molecule has 0 radical (unpaired) electrons. The lowest BCUT2D eigenvalue weighted by Gasteiger charge is -2.11. The van der Waals surface area contributed by atoms with Crippen molar-refractivity contribution in [2.24, 2.45) is 0 Å². The van der Waals surface area contributed by atoms with Crippen LogP contribution in [0.15, 0.2) is 60.8 Å². The second-order valence-electron chi connectivity index (χ2n) is 6.53. The van der Waals surface area contributed by atoms with Crippen LogP contribution in [0.5, 0.6) is 5.75 Å². The molecule has 0 atom stereocenters.